The largest absolute Gasteiger partial charge is 0.404 e. The SMILES string of the molecule is CC(c1ccc(/C(C=N)=C/N)cc1Cl)N(C=O)C1CC1. The van der Waals surface area contributed by atoms with Crippen LogP contribution in [0.3, 0.4) is 0 Å². The molecule has 20 heavy (non-hydrogen) atoms. The standard InChI is InChI=1S/C15H18ClN3O/c1-10(19(9-20)13-3-4-13)14-5-2-11(6-15(14)16)12(7-17)8-18/h2,5-10,13,17H,3-4,18H2,1H3/b12-8+,17-7?. The van der Waals surface area contributed by atoms with Crippen molar-refractivity contribution in [2.45, 2.75) is 31.8 Å². The van der Waals surface area contributed by atoms with Gasteiger partial charge in [0.1, 0.15) is 0 Å². The van der Waals surface area contributed by atoms with Gasteiger partial charge in [0.25, 0.3) is 0 Å². The second-order valence-electron chi connectivity index (χ2n) is 4.96. The molecule has 0 saturated heterocycles. The Hall–Kier alpha value is -1.81. The van der Waals surface area contributed by atoms with Gasteiger partial charge in [-0.25, -0.2) is 0 Å². The van der Waals surface area contributed by atoms with Crippen LogP contribution in [0.15, 0.2) is 24.4 Å². The molecular weight excluding hydrogens is 274 g/mol. The van der Waals surface area contributed by atoms with Gasteiger partial charge in [-0.1, -0.05) is 23.7 Å². The van der Waals surface area contributed by atoms with Crippen molar-refractivity contribution in [3.8, 4) is 0 Å². The van der Waals surface area contributed by atoms with E-state index >= 15 is 0 Å². The van der Waals surface area contributed by atoms with Crippen LogP contribution in [-0.2, 0) is 4.79 Å². The smallest absolute Gasteiger partial charge is 0.210 e. The van der Waals surface area contributed by atoms with E-state index in [2.05, 4.69) is 0 Å². The highest BCUT2D eigenvalue weighted by molar-refractivity contribution is 6.31. The lowest BCUT2D eigenvalue weighted by Crippen LogP contribution is -2.27. The lowest BCUT2D eigenvalue weighted by atomic mass is 10.0. The summed E-state index contributed by atoms with van der Waals surface area (Å²) in [5.41, 5.74) is 7.79. The number of nitrogens with zero attached hydrogens (tertiary/aromatic N) is 1. The van der Waals surface area contributed by atoms with Gasteiger partial charge >= 0.3 is 0 Å². The Morgan fingerprint density at radius 3 is 2.70 bits per heavy atom. The minimum atomic E-state index is -0.0492. The third kappa shape index (κ3) is 2.85. The molecule has 1 aromatic rings. The van der Waals surface area contributed by atoms with Crippen LogP contribution in [0.1, 0.15) is 36.9 Å². The van der Waals surface area contributed by atoms with Crippen molar-refractivity contribution < 1.29 is 4.79 Å². The van der Waals surface area contributed by atoms with Crippen LogP contribution in [0, 0.1) is 5.41 Å². The van der Waals surface area contributed by atoms with Crippen LogP contribution in [0.25, 0.3) is 5.57 Å². The van der Waals surface area contributed by atoms with Crippen molar-refractivity contribution in [3.63, 3.8) is 0 Å². The van der Waals surface area contributed by atoms with Gasteiger partial charge in [0, 0.05) is 29.1 Å². The first-order valence-corrected chi connectivity index (χ1v) is 6.95. The molecule has 1 amide bonds. The van der Waals surface area contributed by atoms with Crippen molar-refractivity contribution in [3.05, 3.63) is 40.5 Å². The van der Waals surface area contributed by atoms with Gasteiger partial charge in [-0.15, -0.1) is 0 Å². The fourth-order valence-corrected chi connectivity index (χ4v) is 2.64. The number of nitrogens with one attached hydrogen (secondary N) is 1. The van der Waals surface area contributed by atoms with E-state index in [1.165, 1.54) is 12.4 Å². The fraction of sp³-hybridized carbons (Fsp3) is 0.333. The van der Waals surface area contributed by atoms with E-state index in [9.17, 15) is 4.79 Å². The van der Waals surface area contributed by atoms with Crippen LogP contribution < -0.4 is 5.73 Å². The van der Waals surface area contributed by atoms with Gasteiger partial charge in [0.2, 0.25) is 6.41 Å². The predicted molar refractivity (Wildman–Crippen MR) is 81.7 cm³/mol. The number of hydrogen-bond donors (Lipinski definition) is 2. The highest BCUT2D eigenvalue weighted by Crippen LogP contribution is 2.36. The third-order valence-corrected chi connectivity index (χ3v) is 3.98. The molecule has 1 aliphatic carbocycles. The van der Waals surface area contributed by atoms with Crippen molar-refractivity contribution in [1.29, 1.82) is 5.41 Å². The van der Waals surface area contributed by atoms with Crippen molar-refractivity contribution in [1.82, 2.24) is 4.90 Å². The Kier molecular flexibility index (Phi) is 4.45. The first-order chi connectivity index (χ1) is 9.62. The summed E-state index contributed by atoms with van der Waals surface area (Å²) in [5, 5.41) is 7.88. The van der Waals surface area contributed by atoms with Crippen molar-refractivity contribution in [2.75, 3.05) is 0 Å². The molecule has 106 valence electrons. The maximum absolute atomic E-state index is 11.2. The molecule has 0 heterocycles. The molecule has 1 unspecified atom stereocenters. The average molecular weight is 292 g/mol. The molecule has 1 aliphatic rings. The molecule has 3 N–H and O–H groups in total. The maximum atomic E-state index is 11.2. The van der Waals surface area contributed by atoms with Gasteiger partial charge in [0.15, 0.2) is 0 Å². The normalized spacial score (nSPS) is 16.6. The summed E-state index contributed by atoms with van der Waals surface area (Å²) in [6, 6.07) is 5.85. The predicted octanol–water partition coefficient (Wildman–Crippen LogP) is 2.97. The summed E-state index contributed by atoms with van der Waals surface area (Å²) in [5.74, 6) is 0. The van der Waals surface area contributed by atoms with Gasteiger partial charge in [-0.3, -0.25) is 4.79 Å². The number of nitrogens with two attached hydrogens (primary N) is 1. The lowest BCUT2D eigenvalue weighted by Gasteiger charge is -2.26. The molecule has 5 heteroatoms. The van der Waals surface area contributed by atoms with E-state index in [0.29, 0.717) is 16.6 Å². The number of carbonyl (C=O) groups is 1. The Bertz CT molecular complexity index is 552. The number of allylic oxidation sites excluding steroid dienone is 1. The van der Waals surface area contributed by atoms with E-state index < -0.39 is 0 Å². The molecule has 0 aromatic heterocycles. The van der Waals surface area contributed by atoms with Crippen LogP contribution in [0.2, 0.25) is 5.02 Å². The Labute approximate surface area is 123 Å². The molecule has 0 bridgehead atoms. The summed E-state index contributed by atoms with van der Waals surface area (Å²) >= 11 is 6.32. The van der Waals surface area contributed by atoms with Crippen LogP contribution >= 0.6 is 11.6 Å². The van der Waals surface area contributed by atoms with Gasteiger partial charge < -0.3 is 16.0 Å². The second kappa shape index (κ2) is 6.09. The van der Waals surface area contributed by atoms with Crippen molar-refractivity contribution in [2.24, 2.45) is 5.73 Å². The molecule has 1 aromatic carbocycles. The molecule has 1 fully saturated rings. The molecule has 1 atom stereocenters. The highest BCUT2D eigenvalue weighted by atomic mass is 35.5. The van der Waals surface area contributed by atoms with Crippen LogP contribution in [0.4, 0.5) is 0 Å². The molecular formula is C15H18ClN3O. The molecule has 2 rings (SSSR count). The van der Waals surface area contributed by atoms with E-state index in [-0.39, 0.29) is 6.04 Å². The zero-order valence-electron chi connectivity index (χ0n) is 11.3. The van der Waals surface area contributed by atoms with E-state index in [1.807, 2.05) is 24.0 Å². The Morgan fingerprint density at radius 1 is 1.55 bits per heavy atom. The van der Waals surface area contributed by atoms with Crippen LogP contribution in [-0.4, -0.2) is 23.6 Å². The maximum Gasteiger partial charge on any atom is 0.210 e. The van der Waals surface area contributed by atoms with E-state index in [1.54, 1.807) is 6.07 Å². The van der Waals surface area contributed by atoms with Gasteiger partial charge in [0.05, 0.1) is 6.04 Å². The number of carbonyl (C=O) groups excluding carboxylic acids is 1. The molecule has 1 saturated carbocycles. The number of hydrogen-bond acceptors (Lipinski definition) is 3. The lowest BCUT2D eigenvalue weighted by molar-refractivity contribution is -0.120. The molecule has 0 spiro atoms. The monoisotopic (exact) mass is 291 g/mol. The number of benzene rings is 1. The minimum Gasteiger partial charge on any atom is -0.404 e. The molecule has 0 radical (unpaired) electrons. The first-order valence-electron chi connectivity index (χ1n) is 6.57. The first kappa shape index (κ1) is 14.6. The van der Waals surface area contributed by atoms with Crippen molar-refractivity contribution >= 4 is 29.8 Å². The molecule has 4 nitrogen and oxygen atoms in total. The van der Waals surface area contributed by atoms with Gasteiger partial charge in [-0.2, -0.15) is 0 Å². The van der Waals surface area contributed by atoms with Gasteiger partial charge in [-0.05, 0) is 37.0 Å². The summed E-state index contributed by atoms with van der Waals surface area (Å²) in [7, 11) is 0. The number of rotatable bonds is 6. The molecule has 0 aliphatic heterocycles. The zero-order chi connectivity index (χ0) is 14.7. The fourth-order valence-electron chi connectivity index (χ4n) is 2.30. The van der Waals surface area contributed by atoms with E-state index in [0.717, 1.165) is 30.4 Å². The zero-order valence-corrected chi connectivity index (χ0v) is 12.1. The van der Waals surface area contributed by atoms with Crippen LogP contribution in [0.5, 0.6) is 0 Å². The third-order valence-electron chi connectivity index (χ3n) is 3.66. The number of halogens is 1. The second-order valence-corrected chi connectivity index (χ2v) is 5.37. The summed E-state index contributed by atoms with van der Waals surface area (Å²) in [4.78, 5) is 13.0. The van der Waals surface area contributed by atoms with E-state index in [4.69, 9.17) is 22.7 Å². The summed E-state index contributed by atoms with van der Waals surface area (Å²) in [6.45, 7) is 1.98. The highest BCUT2D eigenvalue weighted by Gasteiger charge is 2.32. The summed E-state index contributed by atoms with van der Waals surface area (Å²) in [6.07, 6.45) is 5.59. The quantitative estimate of drug-likeness (QED) is 0.625. The summed E-state index contributed by atoms with van der Waals surface area (Å²) < 4.78 is 0. The average Bonchev–Trinajstić information content (AvgIpc) is 3.25. The minimum absolute atomic E-state index is 0.0492. The topological polar surface area (TPSA) is 70.2 Å². The Morgan fingerprint density at radius 2 is 2.25 bits per heavy atom. The Balaban J connectivity index is 2.29. The number of amides is 1.